The molecule has 0 aromatic rings. The van der Waals surface area contributed by atoms with Crippen LogP contribution in [0.25, 0.3) is 0 Å². The van der Waals surface area contributed by atoms with Crippen molar-refractivity contribution < 1.29 is 27.8 Å². The van der Waals surface area contributed by atoms with Crippen molar-refractivity contribution in [2.75, 3.05) is 13.2 Å². The molecule has 2 unspecified atom stereocenters. The second-order valence-corrected chi connectivity index (χ2v) is 3.47. The van der Waals surface area contributed by atoms with Gasteiger partial charge in [-0.1, -0.05) is 6.92 Å². The molecule has 0 rings (SSSR count). The first-order valence-electron chi connectivity index (χ1n) is 4.75. The van der Waals surface area contributed by atoms with E-state index in [1.807, 2.05) is 0 Å². The Morgan fingerprint density at radius 1 is 1.44 bits per heavy atom. The van der Waals surface area contributed by atoms with Crippen molar-refractivity contribution in [3.05, 3.63) is 0 Å². The summed E-state index contributed by atoms with van der Waals surface area (Å²) in [6.45, 7) is 1.60. The van der Waals surface area contributed by atoms with Crippen LogP contribution in [0.15, 0.2) is 0 Å². The van der Waals surface area contributed by atoms with E-state index in [0.29, 0.717) is 0 Å². The Hall–Kier alpha value is 0.120. The summed E-state index contributed by atoms with van der Waals surface area (Å²) in [5.74, 6) is -1.77. The molecule has 0 radical (unpaired) electrons. The Kier molecular flexibility index (Phi) is 11.9. The predicted molar refractivity (Wildman–Crippen MR) is 60.1 cm³/mol. The number of hydrogen-bond donors (Lipinski definition) is 4. The third-order valence-electron chi connectivity index (χ3n) is 1.88. The Balaban J connectivity index is -0.000000327. The van der Waals surface area contributed by atoms with E-state index < -0.39 is 18.0 Å². The maximum absolute atomic E-state index is 11.1. The Bertz CT molecular complexity index is 233. The zero-order valence-corrected chi connectivity index (χ0v) is 11.6. The summed E-state index contributed by atoms with van der Waals surface area (Å²) >= 11 is 0. The fourth-order valence-corrected chi connectivity index (χ4v) is 0.973. The smallest absolute Gasteiger partial charge is 1.00 e. The molecule has 0 aromatic carbocycles. The van der Waals surface area contributed by atoms with Crippen molar-refractivity contribution >= 4 is 49.6 Å². The van der Waals surface area contributed by atoms with Gasteiger partial charge in [0.1, 0.15) is 6.10 Å². The van der Waals surface area contributed by atoms with Crippen molar-refractivity contribution in [2.24, 2.45) is 5.92 Å². The number of aliphatic hydroxyl groups excluding tert-OH is 2. The van der Waals surface area contributed by atoms with Gasteiger partial charge in [0.25, 0.3) is 0 Å². The molecule has 0 aromatic heterocycles. The Morgan fingerprint density at radius 3 is 2.44 bits per heavy atom. The molecule has 7 heteroatoms. The van der Waals surface area contributed by atoms with Crippen LogP contribution in [0, 0.1) is 5.92 Å². The molecule has 0 fully saturated rings. The van der Waals surface area contributed by atoms with Gasteiger partial charge in [-0.3, -0.25) is 9.59 Å². The van der Waals surface area contributed by atoms with Gasteiger partial charge in [-0.25, -0.2) is 0 Å². The normalized spacial score (nSPS) is 13.4. The van der Waals surface area contributed by atoms with Gasteiger partial charge in [-0.15, -0.1) is 0 Å². The number of nitrogens with one attached hydrogen (secondary N) is 1. The predicted octanol–water partition coefficient (Wildman–Crippen LogP) is -1.20. The van der Waals surface area contributed by atoms with Crippen molar-refractivity contribution in [1.29, 1.82) is 0 Å². The summed E-state index contributed by atoms with van der Waals surface area (Å²) < 4.78 is 0. The summed E-state index contributed by atoms with van der Waals surface area (Å²) in [5.41, 5.74) is 0. The zero-order valence-electron chi connectivity index (χ0n) is 11.3. The molecule has 0 aliphatic heterocycles. The van der Waals surface area contributed by atoms with Crippen LogP contribution in [0.1, 0.15) is 22.6 Å². The van der Waals surface area contributed by atoms with Gasteiger partial charge in [-0.2, -0.15) is 0 Å². The van der Waals surface area contributed by atoms with E-state index in [1.54, 1.807) is 6.92 Å². The minimum Gasteiger partial charge on any atom is -1.00 e. The first kappa shape index (κ1) is 18.5. The maximum Gasteiger partial charge on any atom is 2.00 e. The van der Waals surface area contributed by atoms with Crippen LogP contribution in [0.5, 0.6) is 0 Å². The van der Waals surface area contributed by atoms with Crippen molar-refractivity contribution in [1.82, 2.24) is 5.32 Å². The van der Waals surface area contributed by atoms with E-state index in [4.69, 9.17) is 10.2 Å². The molecule has 92 valence electrons. The molecule has 0 heterocycles. The number of carboxylic acids is 1. The van der Waals surface area contributed by atoms with Gasteiger partial charge in [-0.05, 0) is 12.3 Å². The summed E-state index contributed by atoms with van der Waals surface area (Å²) in [4.78, 5) is 21.3. The van der Waals surface area contributed by atoms with Crippen molar-refractivity contribution in [3.63, 3.8) is 0 Å². The first-order valence-corrected chi connectivity index (χ1v) is 4.75. The van der Waals surface area contributed by atoms with Gasteiger partial charge in [0.2, 0.25) is 5.91 Å². The standard InChI is InChI=1S/C9H17NO5.Ca.2H/c1-6(5-11)4-7(12)9(15)10-3-2-8(13)14;;;/h6-7,11-12H,2-5H2,1H3,(H,10,15)(H,13,14);;;/q;+2;2*-1. The SMILES string of the molecule is CC(CO)CC(O)C(=O)NCCC(=O)O.[Ca+2].[H-].[H-]. The monoisotopic (exact) mass is 261 g/mol. The Morgan fingerprint density at radius 2 is 2.00 bits per heavy atom. The van der Waals surface area contributed by atoms with Crippen LogP contribution in [0.2, 0.25) is 0 Å². The molecule has 2 atom stereocenters. The summed E-state index contributed by atoms with van der Waals surface area (Å²) in [7, 11) is 0. The van der Waals surface area contributed by atoms with E-state index in [1.165, 1.54) is 0 Å². The minimum absolute atomic E-state index is 0. The van der Waals surface area contributed by atoms with E-state index >= 15 is 0 Å². The topological polar surface area (TPSA) is 107 Å². The second-order valence-electron chi connectivity index (χ2n) is 3.47. The number of rotatable bonds is 7. The fourth-order valence-electron chi connectivity index (χ4n) is 0.973. The minimum atomic E-state index is -1.19. The van der Waals surface area contributed by atoms with Crippen LogP contribution in [-0.4, -0.2) is 84.2 Å². The molecule has 0 spiro atoms. The number of aliphatic carboxylic acids is 1. The van der Waals surface area contributed by atoms with Crippen molar-refractivity contribution in [2.45, 2.75) is 25.9 Å². The van der Waals surface area contributed by atoms with E-state index in [2.05, 4.69) is 5.32 Å². The molecule has 0 bridgehead atoms. The molecule has 0 aliphatic carbocycles. The molecular formula is C9H19CaNO5. The average molecular weight is 261 g/mol. The molecule has 0 saturated carbocycles. The van der Waals surface area contributed by atoms with Crippen LogP contribution in [0.3, 0.4) is 0 Å². The summed E-state index contributed by atoms with van der Waals surface area (Å²) in [6, 6.07) is 0. The van der Waals surface area contributed by atoms with Crippen LogP contribution >= 0.6 is 0 Å². The van der Waals surface area contributed by atoms with Crippen LogP contribution < -0.4 is 5.32 Å². The molecule has 0 saturated heterocycles. The molecule has 16 heavy (non-hydrogen) atoms. The number of carbonyl (C=O) groups is 2. The quantitative estimate of drug-likeness (QED) is 0.431. The maximum atomic E-state index is 11.1. The summed E-state index contributed by atoms with van der Waals surface area (Å²) in [6.07, 6.45) is -1.20. The van der Waals surface area contributed by atoms with Gasteiger partial charge in [0, 0.05) is 13.2 Å². The van der Waals surface area contributed by atoms with E-state index in [0.717, 1.165) is 0 Å². The average Bonchev–Trinajstić information content (AvgIpc) is 2.16. The van der Waals surface area contributed by atoms with Crippen LogP contribution in [0.4, 0.5) is 0 Å². The largest absolute Gasteiger partial charge is 2.00 e. The van der Waals surface area contributed by atoms with Crippen molar-refractivity contribution in [3.8, 4) is 0 Å². The van der Waals surface area contributed by atoms with E-state index in [9.17, 15) is 14.7 Å². The first-order chi connectivity index (χ1) is 6.97. The third kappa shape index (κ3) is 9.35. The van der Waals surface area contributed by atoms with Gasteiger partial charge in [0.05, 0.1) is 6.42 Å². The van der Waals surface area contributed by atoms with Gasteiger partial charge in [0.15, 0.2) is 0 Å². The van der Waals surface area contributed by atoms with Gasteiger partial charge < -0.3 is 23.5 Å². The van der Waals surface area contributed by atoms with Gasteiger partial charge >= 0.3 is 43.7 Å². The number of aliphatic hydroxyl groups is 2. The number of hydrogen-bond acceptors (Lipinski definition) is 4. The Labute approximate surface area is 127 Å². The molecule has 1 amide bonds. The fraction of sp³-hybridized carbons (Fsp3) is 0.778. The number of amides is 1. The third-order valence-corrected chi connectivity index (χ3v) is 1.88. The zero-order chi connectivity index (χ0) is 11.8. The number of carboxylic acid groups (broad SMARTS) is 1. The molecular weight excluding hydrogens is 242 g/mol. The molecule has 6 nitrogen and oxygen atoms in total. The van der Waals surface area contributed by atoms with E-state index in [-0.39, 0.29) is 72.5 Å². The molecule has 4 N–H and O–H groups in total. The second kappa shape index (κ2) is 10.3. The number of carbonyl (C=O) groups excluding carboxylic acids is 1. The van der Waals surface area contributed by atoms with Crippen LogP contribution in [-0.2, 0) is 9.59 Å². The summed E-state index contributed by atoms with van der Waals surface area (Å²) in [5, 5.41) is 28.6. The molecule has 0 aliphatic rings.